The Morgan fingerprint density at radius 1 is 1.30 bits per heavy atom. The zero-order valence-corrected chi connectivity index (χ0v) is 16.6. The summed E-state index contributed by atoms with van der Waals surface area (Å²) in [6.07, 6.45) is 1.05. The summed E-state index contributed by atoms with van der Waals surface area (Å²) in [6, 6.07) is 5.00. The average molecular weight is 412 g/mol. The normalized spacial score (nSPS) is 18.4. The molecule has 8 nitrogen and oxygen atoms in total. The molecule has 0 aliphatic carbocycles. The third-order valence-electron chi connectivity index (χ3n) is 4.27. The van der Waals surface area contributed by atoms with Gasteiger partial charge in [-0.3, -0.25) is 4.79 Å². The minimum atomic E-state index is -2.93. The zero-order valence-electron chi connectivity index (χ0n) is 15.0. The monoisotopic (exact) mass is 412 g/mol. The van der Waals surface area contributed by atoms with E-state index in [1.807, 2.05) is 0 Å². The van der Waals surface area contributed by atoms with E-state index in [4.69, 9.17) is 13.9 Å². The topological polar surface area (TPSA) is 109 Å². The Hall–Kier alpha value is -2.07. The molecule has 10 heteroatoms. The Bertz CT molecular complexity index is 925. The highest BCUT2D eigenvalue weighted by molar-refractivity contribution is 7.99. The van der Waals surface area contributed by atoms with Crippen LogP contribution < -0.4 is 9.47 Å². The third-order valence-corrected chi connectivity index (χ3v) is 6.93. The summed E-state index contributed by atoms with van der Waals surface area (Å²) in [7, 11) is 0.101. The van der Waals surface area contributed by atoms with E-state index in [0.29, 0.717) is 35.8 Å². The van der Waals surface area contributed by atoms with Crippen molar-refractivity contribution in [2.45, 2.75) is 18.1 Å². The van der Waals surface area contributed by atoms with E-state index in [1.54, 1.807) is 25.3 Å². The molecule has 3 rings (SSSR count). The van der Waals surface area contributed by atoms with Gasteiger partial charge in [0, 0.05) is 12.5 Å². The van der Waals surface area contributed by atoms with E-state index >= 15 is 0 Å². The van der Waals surface area contributed by atoms with Gasteiger partial charge in [-0.15, -0.1) is 10.2 Å². The van der Waals surface area contributed by atoms with Gasteiger partial charge in [-0.05, 0) is 24.5 Å². The molecule has 0 bridgehead atoms. The lowest BCUT2D eigenvalue weighted by Gasteiger charge is -2.08. The third kappa shape index (κ3) is 5.01. The number of benzene rings is 1. The van der Waals surface area contributed by atoms with Gasteiger partial charge in [0.2, 0.25) is 5.89 Å². The second-order valence-corrected chi connectivity index (χ2v) is 9.37. The number of thioether (sulfide) groups is 1. The van der Waals surface area contributed by atoms with Crippen molar-refractivity contribution in [1.82, 2.24) is 10.2 Å². The molecule has 1 atom stereocenters. The zero-order chi connectivity index (χ0) is 19.4. The Morgan fingerprint density at radius 2 is 2.11 bits per heavy atom. The fourth-order valence-electron chi connectivity index (χ4n) is 2.89. The van der Waals surface area contributed by atoms with Gasteiger partial charge in [0.05, 0.1) is 37.0 Å². The number of hydrogen-bond donors (Lipinski definition) is 0. The minimum absolute atomic E-state index is 0.0125. The van der Waals surface area contributed by atoms with Crippen LogP contribution in [0.1, 0.15) is 22.7 Å². The van der Waals surface area contributed by atoms with Crippen molar-refractivity contribution in [2.24, 2.45) is 5.92 Å². The molecular weight excluding hydrogens is 392 g/mol. The standard InChI is InChI=1S/C17H20N2O6S2/c1-23-12-3-4-13(15(8-12)24-2)14(20)9-26-17-19-18-16(25-17)7-11-5-6-27(21,22)10-11/h3-4,8,11H,5-7,9-10H2,1-2H3/t11-/m0/s1. The molecule has 0 amide bonds. The highest BCUT2D eigenvalue weighted by Gasteiger charge is 2.29. The van der Waals surface area contributed by atoms with Crippen LogP contribution in [-0.2, 0) is 16.3 Å². The van der Waals surface area contributed by atoms with Crippen LogP contribution in [0.5, 0.6) is 11.5 Å². The van der Waals surface area contributed by atoms with Crippen molar-refractivity contribution >= 4 is 27.4 Å². The van der Waals surface area contributed by atoms with Crippen LogP contribution in [0, 0.1) is 5.92 Å². The first-order valence-electron chi connectivity index (χ1n) is 8.31. The average Bonchev–Trinajstić information content (AvgIpc) is 3.24. The number of carbonyl (C=O) groups excluding carboxylic acids is 1. The first-order valence-corrected chi connectivity index (χ1v) is 11.1. The van der Waals surface area contributed by atoms with Gasteiger partial charge >= 0.3 is 0 Å². The SMILES string of the molecule is COc1ccc(C(=O)CSc2nnc(C[C@@H]3CCS(=O)(=O)C3)o2)c(OC)c1. The smallest absolute Gasteiger partial charge is 0.277 e. The van der Waals surface area contributed by atoms with Gasteiger partial charge in [-0.2, -0.15) is 0 Å². The van der Waals surface area contributed by atoms with Crippen LogP contribution in [0.3, 0.4) is 0 Å². The largest absolute Gasteiger partial charge is 0.497 e. The predicted octanol–water partition coefficient (Wildman–Crippen LogP) is 2.04. The van der Waals surface area contributed by atoms with Crippen molar-refractivity contribution in [1.29, 1.82) is 0 Å². The molecule has 27 heavy (non-hydrogen) atoms. The number of carbonyl (C=O) groups is 1. The number of methoxy groups -OCH3 is 2. The molecule has 2 aromatic rings. The van der Waals surface area contributed by atoms with Gasteiger partial charge < -0.3 is 13.9 Å². The van der Waals surface area contributed by atoms with Crippen LogP contribution >= 0.6 is 11.8 Å². The summed E-state index contributed by atoms with van der Waals surface area (Å²) in [5.74, 6) is 1.80. The van der Waals surface area contributed by atoms with Crippen LogP contribution in [-0.4, -0.2) is 55.9 Å². The molecule has 1 aromatic carbocycles. The Labute approximate surface area is 161 Å². The Balaban J connectivity index is 1.58. The lowest BCUT2D eigenvalue weighted by atomic mass is 10.1. The first kappa shape index (κ1) is 19.7. The highest BCUT2D eigenvalue weighted by atomic mass is 32.2. The maximum absolute atomic E-state index is 12.5. The number of aromatic nitrogens is 2. The molecule has 1 fully saturated rings. The molecule has 1 aliphatic rings. The summed E-state index contributed by atoms with van der Waals surface area (Å²) in [4.78, 5) is 12.5. The number of hydrogen-bond acceptors (Lipinski definition) is 9. The second-order valence-electron chi connectivity index (χ2n) is 6.21. The summed E-state index contributed by atoms with van der Waals surface area (Å²) in [5.41, 5.74) is 0.446. The number of Topliss-reactive ketones (excluding diaryl/α,β-unsaturated/α-hetero) is 1. The first-order chi connectivity index (χ1) is 12.9. The fourth-order valence-corrected chi connectivity index (χ4v) is 5.42. The van der Waals surface area contributed by atoms with Gasteiger partial charge in [0.15, 0.2) is 15.6 Å². The van der Waals surface area contributed by atoms with E-state index in [1.165, 1.54) is 7.11 Å². The maximum Gasteiger partial charge on any atom is 0.277 e. The minimum Gasteiger partial charge on any atom is -0.497 e. The van der Waals surface area contributed by atoms with Crippen molar-refractivity contribution in [3.8, 4) is 11.5 Å². The van der Waals surface area contributed by atoms with Crippen molar-refractivity contribution in [2.75, 3.05) is 31.5 Å². The molecule has 0 spiro atoms. The number of ether oxygens (including phenoxy) is 2. The molecule has 146 valence electrons. The van der Waals surface area contributed by atoms with Crippen molar-refractivity contribution < 1.29 is 27.1 Å². The molecular formula is C17H20N2O6S2. The molecule has 0 unspecified atom stereocenters. The van der Waals surface area contributed by atoms with Crippen LogP contribution in [0.2, 0.25) is 0 Å². The summed E-state index contributed by atoms with van der Waals surface area (Å²) in [6.45, 7) is 0. The summed E-state index contributed by atoms with van der Waals surface area (Å²) < 4.78 is 38.9. The number of ketones is 1. The fraction of sp³-hybridized carbons (Fsp3) is 0.471. The molecule has 0 saturated carbocycles. The van der Waals surface area contributed by atoms with Crippen molar-refractivity contribution in [3.63, 3.8) is 0 Å². The molecule has 1 aliphatic heterocycles. The van der Waals surface area contributed by atoms with E-state index in [9.17, 15) is 13.2 Å². The van der Waals surface area contributed by atoms with Gasteiger partial charge in [-0.1, -0.05) is 11.8 Å². The lowest BCUT2D eigenvalue weighted by molar-refractivity contribution is 0.101. The van der Waals surface area contributed by atoms with Gasteiger partial charge in [0.1, 0.15) is 11.5 Å². The molecule has 0 radical (unpaired) electrons. The quantitative estimate of drug-likeness (QED) is 0.475. The van der Waals surface area contributed by atoms with Crippen molar-refractivity contribution in [3.05, 3.63) is 29.7 Å². The predicted molar refractivity (Wildman–Crippen MR) is 99.4 cm³/mol. The van der Waals surface area contributed by atoms with E-state index in [-0.39, 0.29) is 34.2 Å². The van der Waals surface area contributed by atoms with Gasteiger partial charge in [-0.25, -0.2) is 8.42 Å². The molecule has 1 saturated heterocycles. The van der Waals surface area contributed by atoms with Crippen LogP contribution in [0.25, 0.3) is 0 Å². The molecule has 2 heterocycles. The Kier molecular flexibility index (Phi) is 6.05. The summed E-state index contributed by atoms with van der Waals surface area (Å²) >= 11 is 1.14. The highest BCUT2D eigenvalue weighted by Crippen LogP contribution is 2.28. The lowest BCUT2D eigenvalue weighted by Crippen LogP contribution is -2.07. The van der Waals surface area contributed by atoms with E-state index < -0.39 is 9.84 Å². The maximum atomic E-state index is 12.5. The van der Waals surface area contributed by atoms with Crippen LogP contribution in [0.4, 0.5) is 0 Å². The second kappa shape index (κ2) is 8.30. The number of sulfone groups is 1. The number of rotatable bonds is 8. The summed E-state index contributed by atoms with van der Waals surface area (Å²) in [5, 5.41) is 8.16. The molecule has 0 N–H and O–H groups in total. The van der Waals surface area contributed by atoms with E-state index in [0.717, 1.165) is 11.8 Å². The number of nitrogens with zero attached hydrogens (tertiary/aromatic N) is 2. The molecule has 1 aromatic heterocycles. The Morgan fingerprint density at radius 3 is 2.78 bits per heavy atom. The van der Waals surface area contributed by atoms with Crippen LogP contribution in [0.15, 0.2) is 27.8 Å². The van der Waals surface area contributed by atoms with E-state index in [2.05, 4.69) is 10.2 Å². The van der Waals surface area contributed by atoms with Gasteiger partial charge in [0.25, 0.3) is 5.22 Å².